The summed E-state index contributed by atoms with van der Waals surface area (Å²) in [7, 11) is 1.68. The summed E-state index contributed by atoms with van der Waals surface area (Å²) in [5.74, 6) is 0.696. The van der Waals surface area contributed by atoms with Gasteiger partial charge in [0.25, 0.3) is 5.69 Å². The van der Waals surface area contributed by atoms with Crippen LogP contribution in [0.3, 0.4) is 0 Å². The van der Waals surface area contributed by atoms with Gasteiger partial charge >= 0.3 is 0 Å². The number of nitro benzene ring substituents is 1. The van der Waals surface area contributed by atoms with E-state index in [1.165, 1.54) is 0 Å². The van der Waals surface area contributed by atoms with E-state index in [-0.39, 0.29) is 10.6 Å². The number of hydrogen-bond donors (Lipinski definition) is 1. The van der Waals surface area contributed by atoms with Gasteiger partial charge in [0.05, 0.1) is 4.92 Å². The van der Waals surface area contributed by atoms with Crippen molar-refractivity contribution in [1.82, 2.24) is 0 Å². The summed E-state index contributed by atoms with van der Waals surface area (Å²) in [5, 5.41) is 13.8. The lowest BCUT2D eigenvalue weighted by Gasteiger charge is -2.06. The Morgan fingerprint density at radius 1 is 1.30 bits per heavy atom. The second kappa shape index (κ2) is 6.76. The molecule has 0 heterocycles. The Kier molecular flexibility index (Phi) is 5.03. The molecule has 0 aromatic heterocycles. The highest BCUT2D eigenvalue weighted by atomic mass is 79.9. The predicted octanol–water partition coefficient (Wildman–Crippen LogP) is 4.69. The van der Waals surface area contributed by atoms with E-state index in [1.54, 1.807) is 30.9 Å². The first-order chi connectivity index (χ1) is 9.60. The van der Waals surface area contributed by atoms with Crippen molar-refractivity contribution < 1.29 is 4.92 Å². The van der Waals surface area contributed by atoms with Gasteiger partial charge in [0.15, 0.2) is 0 Å². The number of nitrogens with zero attached hydrogens (tertiary/aromatic N) is 1. The Balaban J connectivity index is 2.14. The fourth-order valence-corrected chi connectivity index (χ4v) is 3.20. The van der Waals surface area contributed by atoms with Crippen LogP contribution in [-0.4, -0.2) is 12.0 Å². The maximum Gasteiger partial charge on any atom is 0.292 e. The summed E-state index contributed by atoms with van der Waals surface area (Å²) in [4.78, 5) is 11.8. The number of nitrogens with one attached hydrogen (secondary N) is 1. The van der Waals surface area contributed by atoms with E-state index in [0.29, 0.717) is 11.4 Å². The monoisotopic (exact) mass is 352 g/mol. The van der Waals surface area contributed by atoms with Crippen LogP contribution in [0.1, 0.15) is 5.56 Å². The first-order valence-electron chi connectivity index (χ1n) is 5.93. The van der Waals surface area contributed by atoms with Gasteiger partial charge in [-0.2, -0.15) is 0 Å². The lowest BCUT2D eigenvalue weighted by Crippen LogP contribution is -1.97. The van der Waals surface area contributed by atoms with Crippen molar-refractivity contribution in [3.05, 3.63) is 62.6 Å². The number of nitro groups is 1. The molecule has 0 saturated carbocycles. The number of rotatable bonds is 5. The van der Waals surface area contributed by atoms with Crippen LogP contribution in [0, 0.1) is 10.1 Å². The Morgan fingerprint density at radius 2 is 2.10 bits per heavy atom. The molecule has 2 rings (SSSR count). The minimum absolute atomic E-state index is 0.111. The van der Waals surface area contributed by atoms with Gasteiger partial charge in [-0.3, -0.25) is 10.1 Å². The third kappa shape index (κ3) is 3.74. The molecule has 0 atom stereocenters. The van der Waals surface area contributed by atoms with E-state index in [9.17, 15) is 10.1 Å². The van der Waals surface area contributed by atoms with Crippen LogP contribution in [0.4, 0.5) is 11.4 Å². The van der Waals surface area contributed by atoms with Crippen LogP contribution in [0.15, 0.2) is 51.8 Å². The van der Waals surface area contributed by atoms with Crippen LogP contribution in [-0.2, 0) is 5.75 Å². The predicted molar refractivity (Wildman–Crippen MR) is 86.3 cm³/mol. The fourth-order valence-electron chi connectivity index (χ4n) is 1.75. The molecule has 0 aliphatic rings. The Hall–Kier alpha value is -1.53. The van der Waals surface area contributed by atoms with Crippen molar-refractivity contribution in [1.29, 1.82) is 0 Å². The van der Waals surface area contributed by atoms with E-state index in [1.807, 2.05) is 30.3 Å². The van der Waals surface area contributed by atoms with Gasteiger partial charge in [-0.05, 0) is 29.8 Å². The van der Waals surface area contributed by atoms with Crippen molar-refractivity contribution in [2.75, 3.05) is 12.4 Å². The number of halogens is 1. The average molecular weight is 353 g/mol. The van der Waals surface area contributed by atoms with Crippen LogP contribution in [0.5, 0.6) is 0 Å². The van der Waals surface area contributed by atoms with Crippen molar-refractivity contribution >= 4 is 39.1 Å². The molecular weight excluding hydrogens is 340 g/mol. The Labute approximate surface area is 129 Å². The molecule has 0 aliphatic carbocycles. The molecule has 0 radical (unpaired) electrons. The van der Waals surface area contributed by atoms with Crippen molar-refractivity contribution in [3.8, 4) is 0 Å². The van der Waals surface area contributed by atoms with Crippen LogP contribution < -0.4 is 5.32 Å². The van der Waals surface area contributed by atoms with Crippen molar-refractivity contribution in [3.63, 3.8) is 0 Å². The zero-order chi connectivity index (χ0) is 14.5. The molecule has 0 spiro atoms. The van der Waals surface area contributed by atoms with Crippen LogP contribution in [0.2, 0.25) is 0 Å². The highest BCUT2D eigenvalue weighted by Gasteiger charge is 2.13. The molecule has 104 valence electrons. The summed E-state index contributed by atoms with van der Waals surface area (Å²) in [6.45, 7) is 0. The van der Waals surface area contributed by atoms with E-state index in [4.69, 9.17) is 0 Å². The summed E-state index contributed by atoms with van der Waals surface area (Å²) in [5.41, 5.74) is 1.58. The standard InChI is InChI=1S/C14H13BrN2O2S/c1-16-13-6-5-10(7-14(13)17(18)19)9-20-12-4-2-3-11(15)8-12/h2-8,16H,9H2,1H3. The quantitative estimate of drug-likeness (QED) is 0.481. The molecule has 0 aliphatic heterocycles. The second-order valence-electron chi connectivity index (χ2n) is 4.10. The highest BCUT2D eigenvalue weighted by molar-refractivity contribution is 9.10. The van der Waals surface area contributed by atoms with Gasteiger partial charge in [0, 0.05) is 28.2 Å². The van der Waals surface area contributed by atoms with Gasteiger partial charge < -0.3 is 5.32 Å². The zero-order valence-corrected chi connectivity index (χ0v) is 13.2. The van der Waals surface area contributed by atoms with Gasteiger partial charge in [-0.25, -0.2) is 0 Å². The molecule has 0 amide bonds. The molecule has 0 unspecified atom stereocenters. The smallest absolute Gasteiger partial charge is 0.292 e. The molecule has 0 fully saturated rings. The minimum Gasteiger partial charge on any atom is -0.383 e. The Bertz CT molecular complexity index is 634. The van der Waals surface area contributed by atoms with Gasteiger partial charge in [-0.15, -0.1) is 11.8 Å². The third-order valence-corrected chi connectivity index (χ3v) is 4.29. The largest absolute Gasteiger partial charge is 0.383 e. The molecule has 1 N–H and O–H groups in total. The number of thioether (sulfide) groups is 1. The zero-order valence-electron chi connectivity index (χ0n) is 10.8. The summed E-state index contributed by atoms with van der Waals surface area (Å²) >= 11 is 5.08. The third-order valence-electron chi connectivity index (χ3n) is 2.73. The molecule has 4 nitrogen and oxygen atoms in total. The Morgan fingerprint density at radius 3 is 2.75 bits per heavy atom. The molecule has 6 heteroatoms. The number of benzene rings is 2. The lowest BCUT2D eigenvalue weighted by atomic mass is 10.2. The lowest BCUT2D eigenvalue weighted by molar-refractivity contribution is -0.384. The maximum atomic E-state index is 11.0. The van der Waals surface area contributed by atoms with E-state index in [2.05, 4.69) is 21.2 Å². The van der Waals surface area contributed by atoms with Crippen LogP contribution >= 0.6 is 27.7 Å². The first-order valence-corrected chi connectivity index (χ1v) is 7.71. The molecular formula is C14H13BrN2O2S. The van der Waals surface area contributed by atoms with Crippen molar-refractivity contribution in [2.45, 2.75) is 10.6 Å². The summed E-state index contributed by atoms with van der Waals surface area (Å²) in [6.07, 6.45) is 0. The molecule has 2 aromatic rings. The van der Waals surface area contributed by atoms with Crippen molar-refractivity contribution in [2.24, 2.45) is 0 Å². The van der Waals surface area contributed by atoms with E-state index >= 15 is 0 Å². The molecule has 2 aromatic carbocycles. The molecule has 0 bridgehead atoms. The average Bonchev–Trinajstić information content (AvgIpc) is 2.45. The van der Waals surface area contributed by atoms with Gasteiger partial charge in [-0.1, -0.05) is 28.1 Å². The molecule has 0 saturated heterocycles. The summed E-state index contributed by atoms with van der Waals surface area (Å²) in [6, 6.07) is 13.3. The van der Waals surface area contributed by atoms with Gasteiger partial charge in [0.1, 0.15) is 5.69 Å². The SMILES string of the molecule is CNc1ccc(CSc2cccc(Br)c2)cc1[N+](=O)[O-]. The van der Waals surface area contributed by atoms with Gasteiger partial charge in [0.2, 0.25) is 0 Å². The topological polar surface area (TPSA) is 55.2 Å². The van der Waals surface area contributed by atoms with Crippen LogP contribution in [0.25, 0.3) is 0 Å². The maximum absolute atomic E-state index is 11.0. The first kappa shape index (κ1) is 14.9. The summed E-state index contributed by atoms with van der Waals surface area (Å²) < 4.78 is 1.03. The number of hydrogen-bond acceptors (Lipinski definition) is 4. The fraction of sp³-hybridized carbons (Fsp3) is 0.143. The molecule has 20 heavy (non-hydrogen) atoms. The normalized spacial score (nSPS) is 10.3. The van der Waals surface area contributed by atoms with E-state index in [0.717, 1.165) is 14.9 Å². The number of anilines is 1. The minimum atomic E-state index is -0.362. The highest BCUT2D eigenvalue weighted by Crippen LogP contribution is 2.30. The van der Waals surface area contributed by atoms with E-state index < -0.39 is 0 Å². The second-order valence-corrected chi connectivity index (χ2v) is 6.07.